The first kappa shape index (κ1) is 12.0. The van der Waals surface area contributed by atoms with Crippen molar-refractivity contribution < 1.29 is 9.13 Å². The van der Waals surface area contributed by atoms with Crippen molar-refractivity contribution in [2.75, 3.05) is 13.1 Å². The summed E-state index contributed by atoms with van der Waals surface area (Å²) in [7, 11) is 0. The summed E-state index contributed by atoms with van der Waals surface area (Å²) in [6.45, 7) is 2.31. The second-order valence-electron chi connectivity index (χ2n) is 4.22. The van der Waals surface area contributed by atoms with Gasteiger partial charge in [0.25, 0.3) is 0 Å². The molecular formula is C13H15FN2O. The lowest BCUT2D eigenvalue weighted by molar-refractivity contribution is 0.0211. The van der Waals surface area contributed by atoms with Crippen molar-refractivity contribution >= 4 is 0 Å². The maximum absolute atomic E-state index is 13.2. The highest BCUT2D eigenvalue weighted by atomic mass is 19.1. The number of benzene rings is 1. The van der Waals surface area contributed by atoms with E-state index in [4.69, 9.17) is 10.00 Å². The standard InChI is InChI=1S/C13H15FN2O/c14-12-6-10(8-15)5-11(7-12)9-17-13-1-3-16-4-2-13/h5-7,13,16H,1-4,9H2. The number of hydrogen-bond donors (Lipinski definition) is 1. The zero-order chi connectivity index (χ0) is 12.1. The normalized spacial score (nSPS) is 16.7. The molecule has 0 unspecified atom stereocenters. The molecule has 0 radical (unpaired) electrons. The molecule has 0 bridgehead atoms. The third-order valence-electron chi connectivity index (χ3n) is 2.86. The Balaban J connectivity index is 1.94. The molecule has 0 spiro atoms. The van der Waals surface area contributed by atoms with Gasteiger partial charge in [0, 0.05) is 0 Å². The van der Waals surface area contributed by atoms with Crippen LogP contribution in [0.4, 0.5) is 4.39 Å². The molecule has 0 atom stereocenters. The minimum absolute atomic E-state index is 0.241. The monoisotopic (exact) mass is 234 g/mol. The first-order valence-corrected chi connectivity index (χ1v) is 5.80. The second kappa shape index (κ2) is 5.76. The zero-order valence-corrected chi connectivity index (χ0v) is 9.58. The van der Waals surface area contributed by atoms with Crippen molar-refractivity contribution in [1.29, 1.82) is 5.26 Å². The molecular weight excluding hydrogens is 219 g/mol. The van der Waals surface area contributed by atoms with Gasteiger partial charge in [0.15, 0.2) is 0 Å². The predicted molar refractivity (Wildman–Crippen MR) is 61.8 cm³/mol. The fraction of sp³-hybridized carbons (Fsp3) is 0.462. The molecule has 1 N–H and O–H groups in total. The van der Waals surface area contributed by atoms with E-state index in [9.17, 15) is 4.39 Å². The molecule has 0 saturated carbocycles. The largest absolute Gasteiger partial charge is 0.373 e. The molecule has 0 amide bonds. The lowest BCUT2D eigenvalue weighted by Crippen LogP contribution is -2.32. The summed E-state index contributed by atoms with van der Waals surface area (Å²) in [5.74, 6) is -0.382. The summed E-state index contributed by atoms with van der Waals surface area (Å²) in [6, 6.07) is 6.26. The van der Waals surface area contributed by atoms with Gasteiger partial charge in [-0.15, -0.1) is 0 Å². The van der Waals surface area contributed by atoms with Gasteiger partial charge in [0.1, 0.15) is 5.82 Å². The number of piperidine rings is 1. The van der Waals surface area contributed by atoms with Crippen LogP contribution in [0.3, 0.4) is 0 Å². The molecule has 2 rings (SSSR count). The van der Waals surface area contributed by atoms with E-state index in [1.165, 1.54) is 12.1 Å². The molecule has 1 aromatic rings. The van der Waals surface area contributed by atoms with Crippen molar-refractivity contribution in [3.63, 3.8) is 0 Å². The summed E-state index contributed by atoms with van der Waals surface area (Å²) in [4.78, 5) is 0. The first-order valence-electron chi connectivity index (χ1n) is 5.80. The quantitative estimate of drug-likeness (QED) is 0.869. The average Bonchev–Trinajstić information content (AvgIpc) is 2.37. The van der Waals surface area contributed by atoms with Crippen LogP contribution in [0.1, 0.15) is 24.0 Å². The zero-order valence-electron chi connectivity index (χ0n) is 9.58. The summed E-state index contributed by atoms with van der Waals surface area (Å²) in [5, 5.41) is 12.0. The molecule has 17 heavy (non-hydrogen) atoms. The van der Waals surface area contributed by atoms with E-state index >= 15 is 0 Å². The van der Waals surface area contributed by atoms with Gasteiger partial charge in [-0.3, -0.25) is 0 Å². The Morgan fingerprint density at radius 2 is 2.12 bits per heavy atom. The number of ether oxygens (including phenoxy) is 1. The fourth-order valence-electron chi connectivity index (χ4n) is 1.97. The topological polar surface area (TPSA) is 45.0 Å². The summed E-state index contributed by atoms with van der Waals surface area (Å²) < 4.78 is 18.9. The van der Waals surface area contributed by atoms with Gasteiger partial charge in [-0.1, -0.05) is 0 Å². The van der Waals surface area contributed by atoms with Crippen molar-refractivity contribution in [2.24, 2.45) is 0 Å². The van der Waals surface area contributed by atoms with Crippen LogP contribution in [0.15, 0.2) is 18.2 Å². The number of halogens is 1. The van der Waals surface area contributed by atoms with Crippen LogP contribution in [0.25, 0.3) is 0 Å². The molecule has 1 aromatic carbocycles. The van der Waals surface area contributed by atoms with Gasteiger partial charge in [-0.25, -0.2) is 4.39 Å². The lowest BCUT2D eigenvalue weighted by Gasteiger charge is -2.23. The number of hydrogen-bond acceptors (Lipinski definition) is 3. The van der Waals surface area contributed by atoms with E-state index in [1.807, 2.05) is 6.07 Å². The Labute approximate surface area is 100 Å². The van der Waals surface area contributed by atoms with Crippen LogP contribution in [0.2, 0.25) is 0 Å². The van der Waals surface area contributed by atoms with Crippen molar-refractivity contribution in [1.82, 2.24) is 5.32 Å². The third kappa shape index (κ3) is 3.52. The van der Waals surface area contributed by atoms with Crippen molar-refractivity contribution in [2.45, 2.75) is 25.6 Å². The van der Waals surface area contributed by atoms with Gasteiger partial charge in [0.2, 0.25) is 0 Å². The molecule has 0 aromatic heterocycles. The van der Waals surface area contributed by atoms with Gasteiger partial charge in [-0.2, -0.15) is 5.26 Å². The van der Waals surface area contributed by atoms with Crippen LogP contribution in [-0.2, 0) is 11.3 Å². The summed E-state index contributed by atoms with van der Waals surface area (Å²) in [5.41, 5.74) is 1.06. The average molecular weight is 234 g/mol. The van der Waals surface area contributed by atoms with Gasteiger partial charge >= 0.3 is 0 Å². The Hall–Kier alpha value is -1.44. The van der Waals surface area contributed by atoms with Crippen molar-refractivity contribution in [3.8, 4) is 6.07 Å². The van der Waals surface area contributed by atoms with Crippen LogP contribution >= 0.6 is 0 Å². The highest BCUT2D eigenvalue weighted by Gasteiger charge is 2.13. The van der Waals surface area contributed by atoms with Crippen LogP contribution in [0, 0.1) is 17.1 Å². The number of rotatable bonds is 3. The number of nitriles is 1. The fourth-order valence-corrected chi connectivity index (χ4v) is 1.97. The molecule has 0 aliphatic carbocycles. The van der Waals surface area contributed by atoms with Gasteiger partial charge in [-0.05, 0) is 49.7 Å². The van der Waals surface area contributed by atoms with Crippen molar-refractivity contribution in [3.05, 3.63) is 35.1 Å². The SMILES string of the molecule is N#Cc1cc(F)cc(COC2CCNCC2)c1. The molecule has 1 fully saturated rings. The van der Waals surface area contributed by atoms with Gasteiger partial charge in [0.05, 0.1) is 24.3 Å². The van der Waals surface area contributed by atoms with E-state index in [-0.39, 0.29) is 11.9 Å². The Bertz CT molecular complexity index is 422. The highest BCUT2D eigenvalue weighted by Crippen LogP contribution is 2.13. The molecule has 3 nitrogen and oxygen atoms in total. The maximum atomic E-state index is 13.2. The minimum Gasteiger partial charge on any atom is -0.373 e. The molecule has 1 aliphatic rings. The van der Waals surface area contributed by atoms with E-state index in [0.29, 0.717) is 12.2 Å². The van der Waals surface area contributed by atoms with Gasteiger partial charge < -0.3 is 10.1 Å². The third-order valence-corrected chi connectivity index (χ3v) is 2.86. The van der Waals surface area contributed by atoms with Crippen LogP contribution < -0.4 is 5.32 Å². The lowest BCUT2D eigenvalue weighted by atomic mass is 10.1. The van der Waals surface area contributed by atoms with E-state index in [0.717, 1.165) is 31.5 Å². The Morgan fingerprint density at radius 3 is 2.82 bits per heavy atom. The van der Waals surface area contributed by atoms with Crippen LogP contribution in [0.5, 0.6) is 0 Å². The van der Waals surface area contributed by atoms with E-state index in [2.05, 4.69) is 5.32 Å². The van der Waals surface area contributed by atoms with Crippen LogP contribution in [-0.4, -0.2) is 19.2 Å². The smallest absolute Gasteiger partial charge is 0.124 e. The number of nitrogens with one attached hydrogen (secondary N) is 1. The maximum Gasteiger partial charge on any atom is 0.124 e. The molecule has 1 aliphatic heterocycles. The highest BCUT2D eigenvalue weighted by molar-refractivity contribution is 5.33. The van der Waals surface area contributed by atoms with E-state index in [1.54, 1.807) is 6.07 Å². The second-order valence-corrected chi connectivity index (χ2v) is 4.22. The summed E-state index contributed by atoms with van der Waals surface area (Å²) in [6.07, 6.45) is 2.21. The minimum atomic E-state index is -0.382. The molecule has 4 heteroatoms. The van der Waals surface area contributed by atoms with E-state index < -0.39 is 0 Å². The first-order chi connectivity index (χ1) is 8.28. The summed E-state index contributed by atoms with van der Waals surface area (Å²) >= 11 is 0. The molecule has 1 saturated heterocycles. The number of nitrogens with zero attached hydrogens (tertiary/aromatic N) is 1. The Kier molecular flexibility index (Phi) is 4.08. The predicted octanol–water partition coefficient (Wildman–Crippen LogP) is 1.97. The molecule has 1 heterocycles. The molecule has 90 valence electrons. The Morgan fingerprint density at radius 1 is 1.35 bits per heavy atom.